The molecule has 0 aliphatic rings. The number of benzene rings is 2. The summed E-state index contributed by atoms with van der Waals surface area (Å²) in [5.41, 5.74) is 0.0761. The van der Waals surface area contributed by atoms with Crippen LogP contribution in [0.1, 0.15) is 17.2 Å². The summed E-state index contributed by atoms with van der Waals surface area (Å²) >= 11 is 5.50. The van der Waals surface area contributed by atoms with Crippen LogP contribution in [0.25, 0.3) is 0 Å². The molecule has 0 saturated heterocycles. The maximum atomic E-state index is 13.9. The molecular weight excluding hydrogens is 306 g/mol. The van der Waals surface area contributed by atoms with Crippen LogP contribution >= 0.6 is 11.6 Å². The highest BCUT2D eigenvalue weighted by Gasteiger charge is 2.19. The van der Waals surface area contributed by atoms with Crippen molar-refractivity contribution in [3.8, 4) is 0 Å². The number of nitrogens with one attached hydrogen (secondary N) is 1. The third-order valence-electron chi connectivity index (χ3n) is 3.20. The van der Waals surface area contributed by atoms with Crippen LogP contribution in [-0.2, 0) is 6.42 Å². The molecule has 2 rings (SSSR count). The lowest BCUT2D eigenvalue weighted by atomic mass is 9.98. The molecule has 2 aromatic carbocycles. The monoisotopic (exact) mass is 317 g/mol. The van der Waals surface area contributed by atoms with E-state index in [-0.39, 0.29) is 22.6 Å². The highest BCUT2D eigenvalue weighted by molar-refractivity contribution is 6.30. The summed E-state index contributed by atoms with van der Waals surface area (Å²) in [6.07, 6.45) is -0.0297. The third-order valence-corrected chi connectivity index (χ3v) is 3.48. The Bertz CT molecular complexity index is 660. The molecule has 6 heteroatoms. The summed E-state index contributed by atoms with van der Waals surface area (Å²) in [6, 6.07) is 4.12. The molecule has 1 unspecified atom stereocenters. The summed E-state index contributed by atoms with van der Waals surface area (Å²) in [4.78, 5) is 0. The Kier molecular flexibility index (Phi) is 4.85. The number of likely N-dealkylation sites (N-methyl/N-ethyl adjacent to an activating group) is 1. The molecule has 0 fully saturated rings. The normalized spacial score (nSPS) is 12.5. The fraction of sp³-hybridized carbons (Fsp3) is 0.200. The Labute approximate surface area is 124 Å². The van der Waals surface area contributed by atoms with Gasteiger partial charge < -0.3 is 5.32 Å². The van der Waals surface area contributed by atoms with Crippen molar-refractivity contribution in [2.45, 2.75) is 12.5 Å². The van der Waals surface area contributed by atoms with Gasteiger partial charge in [-0.15, -0.1) is 0 Å². The van der Waals surface area contributed by atoms with Crippen molar-refractivity contribution < 1.29 is 17.6 Å². The van der Waals surface area contributed by atoms with E-state index in [1.165, 1.54) is 7.05 Å². The molecule has 1 atom stereocenters. The van der Waals surface area contributed by atoms with Crippen molar-refractivity contribution in [3.63, 3.8) is 0 Å². The molecule has 112 valence electrons. The van der Waals surface area contributed by atoms with Crippen LogP contribution in [0.4, 0.5) is 17.6 Å². The largest absolute Gasteiger partial charge is 0.313 e. The Morgan fingerprint density at radius 1 is 1.00 bits per heavy atom. The van der Waals surface area contributed by atoms with Crippen molar-refractivity contribution in [1.29, 1.82) is 0 Å². The minimum Gasteiger partial charge on any atom is -0.313 e. The van der Waals surface area contributed by atoms with Crippen molar-refractivity contribution in [1.82, 2.24) is 5.32 Å². The predicted molar refractivity (Wildman–Crippen MR) is 73.2 cm³/mol. The van der Waals surface area contributed by atoms with Gasteiger partial charge in [0.15, 0.2) is 0 Å². The maximum Gasteiger partial charge on any atom is 0.142 e. The van der Waals surface area contributed by atoms with E-state index in [4.69, 9.17) is 11.6 Å². The first-order valence-electron chi connectivity index (χ1n) is 6.18. The number of halogens is 5. The van der Waals surface area contributed by atoms with Crippen LogP contribution in [-0.4, -0.2) is 7.05 Å². The van der Waals surface area contributed by atoms with Gasteiger partial charge in [-0.3, -0.25) is 0 Å². The highest BCUT2D eigenvalue weighted by atomic mass is 35.5. The molecule has 0 spiro atoms. The van der Waals surface area contributed by atoms with Gasteiger partial charge in [-0.25, -0.2) is 17.6 Å². The maximum absolute atomic E-state index is 13.9. The average Bonchev–Trinajstić information content (AvgIpc) is 2.44. The average molecular weight is 318 g/mol. The first kappa shape index (κ1) is 15.8. The predicted octanol–water partition coefficient (Wildman–Crippen LogP) is 4.40. The van der Waals surface area contributed by atoms with Gasteiger partial charge in [0.25, 0.3) is 0 Å². The van der Waals surface area contributed by atoms with E-state index in [9.17, 15) is 17.6 Å². The molecule has 0 bridgehead atoms. The zero-order valence-electron chi connectivity index (χ0n) is 11.1. The summed E-state index contributed by atoms with van der Waals surface area (Å²) in [6.45, 7) is 0. The molecule has 0 saturated carbocycles. The molecule has 2 aromatic rings. The molecule has 1 nitrogen and oxygen atoms in total. The van der Waals surface area contributed by atoms with Gasteiger partial charge >= 0.3 is 0 Å². The Balaban J connectivity index is 2.36. The van der Waals surface area contributed by atoms with Gasteiger partial charge in [0, 0.05) is 11.6 Å². The van der Waals surface area contributed by atoms with Crippen molar-refractivity contribution in [3.05, 3.63) is 69.8 Å². The fourth-order valence-electron chi connectivity index (χ4n) is 2.09. The van der Waals surface area contributed by atoms with E-state index < -0.39 is 29.3 Å². The topological polar surface area (TPSA) is 12.0 Å². The van der Waals surface area contributed by atoms with Gasteiger partial charge in [-0.1, -0.05) is 11.6 Å². The minimum atomic E-state index is -0.770. The lowest BCUT2D eigenvalue weighted by molar-refractivity contribution is 0.508. The first-order chi connectivity index (χ1) is 9.92. The van der Waals surface area contributed by atoms with Crippen molar-refractivity contribution in [2.24, 2.45) is 0 Å². The molecule has 0 radical (unpaired) electrons. The Morgan fingerprint density at radius 2 is 1.71 bits per heavy atom. The minimum absolute atomic E-state index is 0.00283. The van der Waals surface area contributed by atoms with Crippen molar-refractivity contribution in [2.75, 3.05) is 7.05 Å². The molecule has 21 heavy (non-hydrogen) atoms. The van der Waals surface area contributed by atoms with E-state index in [0.717, 1.165) is 30.3 Å². The second kappa shape index (κ2) is 6.45. The van der Waals surface area contributed by atoms with Gasteiger partial charge in [0.2, 0.25) is 0 Å². The van der Waals surface area contributed by atoms with E-state index in [1.807, 2.05) is 0 Å². The van der Waals surface area contributed by atoms with Crippen LogP contribution in [0.3, 0.4) is 0 Å². The second-order valence-corrected chi connectivity index (χ2v) is 4.98. The van der Waals surface area contributed by atoms with Crippen LogP contribution in [0, 0.1) is 23.3 Å². The fourth-order valence-corrected chi connectivity index (χ4v) is 2.24. The molecular formula is C15H12ClF4N. The zero-order chi connectivity index (χ0) is 15.6. The standard InChI is InChI=1S/C15H12ClF4N/c1-21-15(5-8-4-9(17)2-3-12(8)18)10-6-14(20)11(16)7-13(10)19/h2-4,6-7,15,21H,5H2,1H3. The van der Waals surface area contributed by atoms with Gasteiger partial charge in [0.1, 0.15) is 23.3 Å². The van der Waals surface area contributed by atoms with E-state index in [1.54, 1.807) is 0 Å². The van der Waals surface area contributed by atoms with E-state index >= 15 is 0 Å². The molecule has 0 aromatic heterocycles. The summed E-state index contributed by atoms with van der Waals surface area (Å²) in [7, 11) is 1.52. The first-order valence-corrected chi connectivity index (χ1v) is 6.55. The van der Waals surface area contributed by atoms with Crippen LogP contribution in [0.5, 0.6) is 0 Å². The summed E-state index contributed by atoms with van der Waals surface area (Å²) < 4.78 is 54.2. The Hall–Kier alpha value is -1.59. The smallest absolute Gasteiger partial charge is 0.142 e. The van der Waals surface area contributed by atoms with Gasteiger partial charge in [-0.2, -0.15) is 0 Å². The molecule has 1 N–H and O–H groups in total. The quantitative estimate of drug-likeness (QED) is 0.651. The van der Waals surface area contributed by atoms with Gasteiger partial charge in [-0.05, 0) is 49.4 Å². The van der Waals surface area contributed by atoms with Crippen LogP contribution < -0.4 is 5.32 Å². The number of hydrogen-bond acceptors (Lipinski definition) is 1. The molecule has 0 aliphatic carbocycles. The van der Waals surface area contributed by atoms with Crippen LogP contribution in [0.2, 0.25) is 5.02 Å². The number of rotatable bonds is 4. The lowest BCUT2D eigenvalue weighted by Gasteiger charge is -2.18. The molecule has 0 heterocycles. The van der Waals surface area contributed by atoms with Gasteiger partial charge in [0.05, 0.1) is 5.02 Å². The Morgan fingerprint density at radius 3 is 2.38 bits per heavy atom. The van der Waals surface area contributed by atoms with Crippen LogP contribution in [0.15, 0.2) is 30.3 Å². The summed E-state index contributed by atoms with van der Waals surface area (Å²) in [5, 5.41) is 2.43. The molecule has 0 amide bonds. The highest BCUT2D eigenvalue weighted by Crippen LogP contribution is 2.27. The van der Waals surface area contributed by atoms with E-state index in [2.05, 4.69) is 5.32 Å². The zero-order valence-corrected chi connectivity index (χ0v) is 11.8. The second-order valence-electron chi connectivity index (χ2n) is 4.57. The van der Waals surface area contributed by atoms with E-state index in [0.29, 0.717) is 0 Å². The molecule has 0 aliphatic heterocycles. The summed E-state index contributed by atoms with van der Waals surface area (Å²) in [5.74, 6) is -2.68. The number of hydrogen-bond donors (Lipinski definition) is 1. The lowest BCUT2D eigenvalue weighted by Crippen LogP contribution is -2.21. The third kappa shape index (κ3) is 3.54. The van der Waals surface area contributed by atoms with Crippen molar-refractivity contribution >= 4 is 11.6 Å². The SMILES string of the molecule is CNC(Cc1cc(F)ccc1F)c1cc(F)c(Cl)cc1F.